The molecule has 21 heavy (non-hydrogen) atoms. The summed E-state index contributed by atoms with van der Waals surface area (Å²) in [6.45, 7) is 2.90. The van der Waals surface area contributed by atoms with Crippen molar-refractivity contribution in [3.8, 4) is 5.75 Å². The molecule has 1 fully saturated rings. The van der Waals surface area contributed by atoms with E-state index < -0.39 is 17.4 Å². The largest absolute Gasteiger partial charge is 0.490 e. The first-order valence-electron chi connectivity index (χ1n) is 7.21. The molecule has 0 aliphatic heterocycles. The van der Waals surface area contributed by atoms with Gasteiger partial charge in [-0.25, -0.2) is 4.79 Å². The van der Waals surface area contributed by atoms with E-state index in [4.69, 9.17) is 9.84 Å². The smallest absolute Gasteiger partial charge is 0.328 e. The quantitative estimate of drug-likeness (QED) is 0.874. The van der Waals surface area contributed by atoms with Crippen LogP contribution < -0.4 is 10.1 Å². The van der Waals surface area contributed by atoms with E-state index in [0.29, 0.717) is 11.3 Å². The van der Waals surface area contributed by atoms with Gasteiger partial charge in [0.15, 0.2) is 0 Å². The van der Waals surface area contributed by atoms with E-state index in [1.54, 1.807) is 18.2 Å². The fourth-order valence-corrected chi connectivity index (χ4v) is 2.32. The molecule has 1 aliphatic carbocycles. The normalized spacial score (nSPS) is 15.7. The van der Waals surface area contributed by atoms with Crippen molar-refractivity contribution in [1.29, 1.82) is 0 Å². The van der Waals surface area contributed by atoms with E-state index in [1.807, 2.05) is 6.07 Å². The van der Waals surface area contributed by atoms with E-state index in [9.17, 15) is 9.59 Å². The Morgan fingerprint density at radius 1 is 1.29 bits per heavy atom. The number of carbonyl (C=O) groups excluding carboxylic acids is 1. The minimum atomic E-state index is -1.31. The van der Waals surface area contributed by atoms with Crippen molar-refractivity contribution in [2.24, 2.45) is 0 Å². The zero-order valence-corrected chi connectivity index (χ0v) is 12.4. The van der Waals surface area contributed by atoms with E-state index in [1.165, 1.54) is 26.7 Å². The van der Waals surface area contributed by atoms with Crippen molar-refractivity contribution in [1.82, 2.24) is 5.32 Å². The summed E-state index contributed by atoms with van der Waals surface area (Å²) in [6.07, 6.45) is 4.67. The molecule has 0 radical (unpaired) electrons. The highest BCUT2D eigenvalue weighted by Crippen LogP contribution is 2.24. The molecule has 5 heteroatoms. The topological polar surface area (TPSA) is 75.6 Å². The van der Waals surface area contributed by atoms with Gasteiger partial charge in [-0.1, -0.05) is 6.07 Å². The second-order valence-electron chi connectivity index (χ2n) is 5.94. The second kappa shape index (κ2) is 6.16. The van der Waals surface area contributed by atoms with E-state index in [0.717, 1.165) is 12.8 Å². The number of hydrogen-bond donors (Lipinski definition) is 2. The summed E-state index contributed by atoms with van der Waals surface area (Å²) >= 11 is 0. The van der Waals surface area contributed by atoms with Gasteiger partial charge in [0.2, 0.25) is 0 Å². The summed E-state index contributed by atoms with van der Waals surface area (Å²) in [5, 5.41) is 11.5. The Bertz CT molecular complexity index is 533. The van der Waals surface area contributed by atoms with Gasteiger partial charge in [0, 0.05) is 5.56 Å². The molecule has 0 bridgehead atoms. The van der Waals surface area contributed by atoms with Crippen molar-refractivity contribution in [2.45, 2.75) is 51.2 Å². The van der Waals surface area contributed by atoms with Gasteiger partial charge in [0.05, 0.1) is 6.10 Å². The molecule has 0 heterocycles. The van der Waals surface area contributed by atoms with Crippen molar-refractivity contribution in [3.05, 3.63) is 29.8 Å². The lowest BCUT2D eigenvalue weighted by molar-refractivity contribution is -0.143. The fraction of sp³-hybridized carbons (Fsp3) is 0.500. The SMILES string of the molecule is CC(C)(NC(=O)c1cccc(OC2CCCC2)c1)C(=O)O. The molecule has 1 aromatic rings. The van der Waals surface area contributed by atoms with Crippen LogP contribution in [0, 0.1) is 0 Å². The van der Waals surface area contributed by atoms with Crippen LogP contribution in [0.3, 0.4) is 0 Å². The standard InChI is InChI=1S/C16H21NO4/c1-16(2,15(19)20)17-14(18)11-6-5-9-13(10-11)21-12-7-3-4-8-12/h5-6,9-10,12H,3-4,7-8H2,1-2H3,(H,17,18)(H,19,20). The number of carbonyl (C=O) groups is 2. The number of ether oxygens (including phenoxy) is 1. The summed E-state index contributed by atoms with van der Waals surface area (Å²) < 4.78 is 5.85. The van der Waals surface area contributed by atoms with Crippen LogP contribution >= 0.6 is 0 Å². The third kappa shape index (κ3) is 3.97. The van der Waals surface area contributed by atoms with Gasteiger partial charge in [-0.2, -0.15) is 0 Å². The number of amides is 1. The number of hydrogen-bond acceptors (Lipinski definition) is 3. The van der Waals surface area contributed by atoms with Crippen LogP contribution in [0.25, 0.3) is 0 Å². The van der Waals surface area contributed by atoms with Crippen LogP contribution in [0.1, 0.15) is 49.9 Å². The number of aliphatic carboxylic acids is 1. The Hall–Kier alpha value is -2.04. The molecule has 1 aliphatic rings. The zero-order chi connectivity index (χ0) is 15.5. The van der Waals surface area contributed by atoms with Crippen LogP contribution in [-0.4, -0.2) is 28.6 Å². The van der Waals surface area contributed by atoms with Gasteiger partial charge in [-0.3, -0.25) is 4.79 Å². The van der Waals surface area contributed by atoms with Crippen molar-refractivity contribution < 1.29 is 19.4 Å². The van der Waals surface area contributed by atoms with E-state index >= 15 is 0 Å². The number of nitrogens with one attached hydrogen (secondary N) is 1. The lowest BCUT2D eigenvalue weighted by atomic mass is 10.1. The van der Waals surface area contributed by atoms with Gasteiger partial charge in [-0.05, 0) is 57.7 Å². The first kappa shape index (κ1) is 15.4. The molecular formula is C16H21NO4. The molecule has 5 nitrogen and oxygen atoms in total. The second-order valence-corrected chi connectivity index (χ2v) is 5.94. The van der Waals surface area contributed by atoms with E-state index in [2.05, 4.69) is 5.32 Å². The molecule has 1 amide bonds. The van der Waals surface area contributed by atoms with E-state index in [-0.39, 0.29) is 6.10 Å². The first-order valence-corrected chi connectivity index (χ1v) is 7.21. The highest BCUT2D eigenvalue weighted by atomic mass is 16.5. The third-order valence-electron chi connectivity index (χ3n) is 3.66. The molecule has 0 atom stereocenters. The predicted molar refractivity (Wildman–Crippen MR) is 78.5 cm³/mol. The highest BCUT2D eigenvalue weighted by Gasteiger charge is 2.29. The minimum absolute atomic E-state index is 0.221. The maximum atomic E-state index is 12.1. The Kier molecular flexibility index (Phi) is 4.50. The zero-order valence-electron chi connectivity index (χ0n) is 12.4. The van der Waals surface area contributed by atoms with Crippen molar-refractivity contribution >= 4 is 11.9 Å². The molecule has 2 N–H and O–H groups in total. The lowest BCUT2D eigenvalue weighted by Crippen LogP contribution is -2.49. The Morgan fingerprint density at radius 3 is 2.57 bits per heavy atom. The molecule has 0 spiro atoms. The molecule has 1 saturated carbocycles. The monoisotopic (exact) mass is 291 g/mol. The molecule has 2 rings (SSSR count). The third-order valence-corrected chi connectivity index (χ3v) is 3.66. The molecule has 114 valence electrons. The maximum absolute atomic E-state index is 12.1. The molecule has 0 aromatic heterocycles. The Balaban J connectivity index is 2.05. The summed E-state index contributed by atoms with van der Waals surface area (Å²) in [4.78, 5) is 23.2. The molecular weight excluding hydrogens is 270 g/mol. The van der Waals surface area contributed by atoms with Gasteiger partial charge in [-0.15, -0.1) is 0 Å². The van der Waals surface area contributed by atoms with Gasteiger partial charge in [0.1, 0.15) is 11.3 Å². The van der Waals surface area contributed by atoms with Crippen molar-refractivity contribution in [2.75, 3.05) is 0 Å². The summed E-state index contributed by atoms with van der Waals surface area (Å²) in [5.41, 5.74) is -0.904. The minimum Gasteiger partial charge on any atom is -0.490 e. The predicted octanol–water partition coefficient (Wildman–Crippen LogP) is 2.60. The summed E-state index contributed by atoms with van der Waals surface area (Å²) in [7, 11) is 0. The number of rotatable bonds is 5. The number of carboxylic acids is 1. The summed E-state index contributed by atoms with van der Waals surface area (Å²) in [6, 6.07) is 6.87. The maximum Gasteiger partial charge on any atom is 0.328 e. The van der Waals surface area contributed by atoms with Gasteiger partial charge in [0.25, 0.3) is 5.91 Å². The average Bonchev–Trinajstić information content (AvgIpc) is 2.91. The summed E-state index contributed by atoms with van der Waals surface area (Å²) in [5.74, 6) is -0.837. The lowest BCUT2D eigenvalue weighted by Gasteiger charge is -2.21. The average molecular weight is 291 g/mol. The Morgan fingerprint density at radius 2 is 1.95 bits per heavy atom. The number of benzene rings is 1. The first-order chi connectivity index (χ1) is 9.88. The molecule has 1 aromatic carbocycles. The van der Waals surface area contributed by atoms with Crippen LogP contribution in [0.15, 0.2) is 24.3 Å². The van der Waals surface area contributed by atoms with Crippen LogP contribution in [-0.2, 0) is 4.79 Å². The van der Waals surface area contributed by atoms with Crippen molar-refractivity contribution in [3.63, 3.8) is 0 Å². The molecule has 0 saturated heterocycles. The van der Waals surface area contributed by atoms with Crippen LogP contribution in [0.2, 0.25) is 0 Å². The van der Waals surface area contributed by atoms with Crippen LogP contribution in [0.5, 0.6) is 5.75 Å². The fourth-order valence-electron chi connectivity index (χ4n) is 2.32. The van der Waals surface area contributed by atoms with Gasteiger partial charge >= 0.3 is 5.97 Å². The highest BCUT2D eigenvalue weighted by molar-refractivity contribution is 5.97. The molecule has 0 unspecified atom stereocenters. The number of carboxylic acid groups (broad SMARTS) is 1. The Labute approximate surface area is 124 Å². The van der Waals surface area contributed by atoms with Crippen LogP contribution in [0.4, 0.5) is 0 Å². The van der Waals surface area contributed by atoms with Gasteiger partial charge < -0.3 is 15.2 Å².